The fourth-order valence-electron chi connectivity index (χ4n) is 12.3. The van der Waals surface area contributed by atoms with E-state index in [1.165, 1.54) is 23.1 Å². The molecule has 1 spiro atoms. The number of rotatable bonds is 14. The molecule has 9 nitrogen and oxygen atoms in total. The minimum atomic E-state index is -0.462. The predicted octanol–water partition coefficient (Wildman–Crippen LogP) is 11.0. The average molecular weight is 865 g/mol. The Balaban J connectivity index is 1.000. The van der Waals surface area contributed by atoms with E-state index < -0.39 is 12.6 Å². The maximum Gasteiger partial charge on any atom is 0.161 e. The molecule has 0 N–H and O–H groups in total. The molecule has 4 heterocycles. The molecule has 0 aromatic carbocycles. The molecule has 7 rings (SSSR count). The van der Waals surface area contributed by atoms with Crippen molar-refractivity contribution in [3.63, 3.8) is 0 Å². The highest BCUT2D eigenvalue weighted by atomic mass is 16.7. The molecule has 0 aromatic heterocycles. The highest BCUT2D eigenvalue weighted by molar-refractivity contribution is 5.26. The van der Waals surface area contributed by atoms with E-state index in [1.54, 1.807) is 14.2 Å². The molecule has 5 fully saturated rings. The van der Waals surface area contributed by atoms with E-state index in [4.69, 9.17) is 42.6 Å². The largest absolute Gasteiger partial charge is 0.378 e. The Bertz CT molecular complexity index is 1590. The fourth-order valence-corrected chi connectivity index (χ4v) is 12.3. The number of ether oxygens (including phenoxy) is 9. The van der Waals surface area contributed by atoms with Gasteiger partial charge in [0, 0.05) is 38.9 Å². The van der Waals surface area contributed by atoms with Crippen LogP contribution in [0.3, 0.4) is 0 Å². The first kappa shape index (κ1) is 48.3. The summed E-state index contributed by atoms with van der Waals surface area (Å²) in [7, 11) is 3.53. The zero-order valence-corrected chi connectivity index (χ0v) is 40.3. The highest BCUT2D eigenvalue weighted by Gasteiger charge is 2.46. The van der Waals surface area contributed by atoms with Gasteiger partial charge in [-0.15, -0.1) is 0 Å². The lowest BCUT2D eigenvalue weighted by atomic mass is 9.75. The third kappa shape index (κ3) is 12.0. The summed E-state index contributed by atoms with van der Waals surface area (Å²) >= 11 is 0. The van der Waals surface area contributed by atoms with E-state index >= 15 is 0 Å². The number of hydrogen-bond donors (Lipinski definition) is 0. The Morgan fingerprint density at radius 3 is 2.19 bits per heavy atom. The van der Waals surface area contributed by atoms with Crippen LogP contribution < -0.4 is 0 Å². The Hall–Kier alpha value is -1.66. The number of hydrogen-bond acceptors (Lipinski definition) is 9. The maximum absolute atomic E-state index is 6.97. The van der Waals surface area contributed by atoms with Gasteiger partial charge in [-0.2, -0.15) is 0 Å². The zero-order valence-electron chi connectivity index (χ0n) is 40.3. The summed E-state index contributed by atoms with van der Waals surface area (Å²) in [6.45, 7) is 21.0. The first-order chi connectivity index (χ1) is 29.7. The van der Waals surface area contributed by atoms with Gasteiger partial charge in [-0.05, 0) is 127 Å². The highest BCUT2D eigenvalue weighted by Crippen LogP contribution is 2.43. The van der Waals surface area contributed by atoms with Gasteiger partial charge in [0.05, 0.1) is 61.0 Å². The Morgan fingerprint density at radius 2 is 1.48 bits per heavy atom. The Kier molecular flexibility index (Phi) is 16.9. The lowest BCUT2D eigenvalue weighted by Gasteiger charge is -2.46. The molecule has 0 amide bonds. The summed E-state index contributed by atoms with van der Waals surface area (Å²) < 4.78 is 59.1. The van der Waals surface area contributed by atoms with Crippen LogP contribution in [0.5, 0.6) is 0 Å². The molecule has 62 heavy (non-hydrogen) atoms. The van der Waals surface area contributed by atoms with Crippen LogP contribution in [0.15, 0.2) is 59.3 Å². The minimum absolute atomic E-state index is 0.127. The van der Waals surface area contributed by atoms with E-state index in [9.17, 15) is 0 Å². The first-order valence-corrected chi connectivity index (χ1v) is 24.7. The monoisotopic (exact) mass is 865 g/mol. The third-order valence-electron chi connectivity index (χ3n) is 15.6. The van der Waals surface area contributed by atoms with E-state index in [2.05, 4.69) is 105 Å². The van der Waals surface area contributed by atoms with Crippen LogP contribution in [-0.2, 0) is 42.6 Å². The Labute approximate surface area is 375 Å². The molecule has 18 atom stereocenters. The van der Waals surface area contributed by atoms with Crippen LogP contribution in [0.1, 0.15) is 139 Å². The van der Waals surface area contributed by atoms with Crippen LogP contribution in [0.25, 0.3) is 0 Å². The third-order valence-corrected chi connectivity index (χ3v) is 15.6. The maximum atomic E-state index is 6.97. The summed E-state index contributed by atoms with van der Waals surface area (Å²) in [5, 5.41) is 0. The molecule has 1 saturated carbocycles. The number of methoxy groups -OCH3 is 2. The lowest BCUT2D eigenvalue weighted by Crippen LogP contribution is -2.56. The van der Waals surface area contributed by atoms with Gasteiger partial charge >= 0.3 is 0 Å². The van der Waals surface area contributed by atoms with E-state index in [0.29, 0.717) is 55.0 Å². The van der Waals surface area contributed by atoms with Crippen molar-refractivity contribution in [3.05, 3.63) is 59.3 Å². The van der Waals surface area contributed by atoms with Gasteiger partial charge in [-0.1, -0.05) is 82.7 Å². The molecule has 4 aliphatic heterocycles. The molecule has 0 aromatic rings. The van der Waals surface area contributed by atoms with Crippen LogP contribution in [0.2, 0.25) is 0 Å². The van der Waals surface area contributed by atoms with Crippen LogP contribution >= 0.6 is 0 Å². The average Bonchev–Trinajstić information content (AvgIpc) is 3.63. The first-order valence-electron chi connectivity index (χ1n) is 24.7. The normalized spacial score (nSPS) is 45.4. The van der Waals surface area contributed by atoms with Crippen molar-refractivity contribution in [2.75, 3.05) is 20.8 Å². The molecule has 350 valence electrons. The smallest absolute Gasteiger partial charge is 0.161 e. The summed E-state index contributed by atoms with van der Waals surface area (Å²) in [6, 6.07) is 0. The fraction of sp³-hybridized carbons (Fsp3) is 0.811. The lowest BCUT2D eigenvalue weighted by molar-refractivity contribution is -0.322. The van der Waals surface area contributed by atoms with Gasteiger partial charge in [0.1, 0.15) is 12.2 Å². The molecular weight excluding hydrogens is 781 g/mol. The number of allylic oxidation sites excluding steroid dienone is 4. The zero-order chi connectivity index (χ0) is 44.1. The second-order valence-electron chi connectivity index (χ2n) is 21.2. The van der Waals surface area contributed by atoms with E-state index in [-0.39, 0.29) is 66.6 Å². The van der Waals surface area contributed by atoms with Crippen LogP contribution in [0.4, 0.5) is 0 Å². The second kappa shape index (κ2) is 21.8. The van der Waals surface area contributed by atoms with Crippen molar-refractivity contribution in [2.45, 2.75) is 219 Å². The molecule has 7 aliphatic rings. The summed E-state index contributed by atoms with van der Waals surface area (Å²) in [6.07, 6.45) is 26.2. The van der Waals surface area contributed by atoms with Crippen molar-refractivity contribution in [2.24, 2.45) is 35.5 Å². The predicted molar refractivity (Wildman–Crippen MR) is 245 cm³/mol. The molecule has 3 aliphatic carbocycles. The van der Waals surface area contributed by atoms with Gasteiger partial charge in [0.2, 0.25) is 0 Å². The van der Waals surface area contributed by atoms with E-state index in [1.807, 2.05) is 0 Å². The second-order valence-corrected chi connectivity index (χ2v) is 21.2. The summed E-state index contributed by atoms with van der Waals surface area (Å²) in [4.78, 5) is 0. The van der Waals surface area contributed by atoms with Crippen molar-refractivity contribution in [1.29, 1.82) is 0 Å². The SMILES string of the molecule is COC1C[C@H](O[C@H]2C(C)O[C@@H](O[C@@H](C/C=C/C=C3\COC4C(C)C(C)=CCC34)/C(C)=C/CC3CC(C)CC4(C=CCC(C)C4)O3)CC2OC)OC(C)[C@@H]1OC1CC(C)CC(C)C1. The number of fused-ring (bicyclic) bond motifs is 1. The van der Waals surface area contributed by atoms with Crippen molar-refractivity contribution < 1.29 is 42.6 Å². The molecule has 4 saturated heterocycles. The quantitative estimate of drug-likeness (QED) is 0.159. The standard InChI is InChI=1S/C53H84O9/c1-32-15-14-22-53(29-32)30-35(4)26-42(62-53)20-18-37(6)45(17-13-12-16-41-31-56-50-38(7)36(5)19-21-44(41)50)60-48-27-47(55-11)52(40(9)57-48)61-49-28-46(54-10)51(39(8)58-49)59-43-24-33(2)23-34(3)25-43/h12-14,16,18-19,22,32-35,38-40,42-52H,15,17,20-21,23-31H2,1-11H3/b13-12+,37-18+,41-16+/t32?,33?,34?,35?,38?,39?,40?,42?,43?,44?,45-,46?,47?,48-,49-,50?,51-,52-,53?/m0/s1. The van der Waals surface area contributed by atoms with E-state index in [0.717, 1.165) is 57.8 Å². The van der Waals surface area contributed by atoms with Gasteiger partial charge in [-0.25, -0.2) is 0 Å². The van der Waals surface area contributed by atoms with Gasteiger partial charge in [0.25, 0.3) is 0 Å². The molecule has 9 heteroatoms. The molecule has 0 radical (unpaired) electrons. The molecule has 0 bridgehead atoms. The van der Waals surface area contributed by atoms with Crippen molar-refractivity contribution >= 4 is 0 Å². The van der Waals surface area contributed by atoms with Crippen LogP contribution in [-0.4, -0.2) is 100 Å². The topological polar surface area (TPSA) is 83.1 Å². The van der Waals surface area contributed by atoms with Gasteiger partial charge in [0.15, 0.2) is 12.6 Å². The minimum Gasteiger partial charge on any atom is -0.378 e. The summed E-state index contributed by atoms with van der Waals surface area (Å²) in [5.74, 6) is 3.53. The van der Waals surface area contributed by atoms with Gasteiger partial charge in [-0.3, -0.25) is 0 Å². The summed E-state index contributed by atoms with van der Waals surface area (Å²) in [5.41, 5.74) is 3.90. The van der Waals surface area contributed by atoms with Gasteiger partial charge < -0.3 is 42.6 Å². The van der Waals surface area contributed by atoms with Crippen molar-refractivity contribution in [1.82, 2.24) is 0 Å². The molecular formula is C53H84O9. The van der Waals surface area contributed by atoms with Crippen LogP contribution in [0, 0.1) is 35.5 Å². The van der Waals surface area contributed by atoms with Crippen molar-refractivity contribution in [3.8, 4) is 0 Å². The Morgan fingerprint density at radius 1 is 0.806 bits per heavy atom. The molecule has 13 unspecified atom stereocenters.